The molecule has 0 bridgehead atoms. The van der Waals surface area contributed by atoms with E-state index in [4.69, 9.17) is 0 Å². The average Bonchev–Trinajstić information content (AvgIpc) is 2.08. The summed E-state index contributed by atoms with van der Waals surface area (Å²) in [5.41, 5.74) is 0.0452. The van der Waals surface area contributed by atoms with Crippen molar-refractivity contribution in [3.63, 3.8) is 0 Å². The van der Waals surface area contributed by atoms with Crippen LogP contribution in [0.4, 0.5) is 0 Å². The van der Waals surface area contributed by atoms with Crippen LogP contribution in [0, 0.1) is 5.41 Å². The van der Waals surface area contributed by atoms with E-state index in [0.717, 1.165) is 0 Å². The van der Waals surface area contributed by atoms with Gasteiger partial charge in [0, 0.05) is 19.4 Å². The van der Waals surface area contributed by atoms with Gasteiger partial charge in [-0.05, 0) is 18.8 Å². The molecule has 94 valence electrons. The topological polar surface area (TPSA) is 66.4 Å². The third-order valence-corrected chi connectivity index (χ3v) is 2.09. The van der Waals surface area contributed by atoms with Gasteiger partial charge in [0.1, 0.15) is 5.78 Å². The predicted octanol–water partition coefficient (Wildman–Crippen LogP) is 1.27. The lowest BCUT2D eigenvalue weighted by Crippen LogP contribution is -2.34. The molecule has 0 aliphatic heterocycles. The number of aliphatic hydroxyl groups is 1. The zero-order chi connectivity index (χ0) is 12.8. The quantitative estimate of drug-likeness (QED) is 0.720. The van der Waals surface area contributed by atoms with Crippen LogP contribution in [-0.4, -0.2) is 29.4 Å². The zero-order valence-electron chi connectivity index (χ0n) is 10.7. The molecule has 0 aromatic rings. The van der Waals surface area contributed by atoms with Crippen molar-refractivity contribution in [3.05, 3.63) is 0 Å². The number of rotatable bonds is 6. The van der Waals surface area contributed by atoms with Crippen LogP contribution in [-0.2, 0) is 9.59 Å². The van der Waals surface area contributed by atoms with Gasteiger partial charge >= 0.3 is 0 Å². The first-order valence-electron chi connectivity index (χ1n) is 5.65. The molecule has 0 fully saturated rings. The Morgan fingerprint density at radius 1 is 1.25 bits per heavy atom. The molecule has 0 saturated carbocycles. The summed E-state index contributed by atoms with van der Waals surface area (Å²) in [7, 11) is 0. The Labute approximate surface area is 97.4 Å². The van der Waals surface area contributed by atoms with E-state index in [1.54, 1.807) is 0 Å². The van der Waals surface area contributed by atoms with Gasteiger partial charge in [0.25, 0.3) is 0 Å². The van der Waals surface area contributed by atoms with E-state index >= 15 is 0 Å². The van der Waals surface area contributed by atoms with E-state index in [1.807, 2.05) is 20.8 Å². The van der Waals surface area contributed by atoms with Gasteiger partial charge in [-0.15, -0.1) is 0 Å². The van der Waals surface area contributed by atoms with E-state index in [9.17, 15) is 14.7 Å². The lowest BCUT2D eigenvalue weighted by atomic mass is 9.89. The minimum Gasteiger partial charge on any atom is -0.391 e. The molecule has 0 aromatic heterocycles. The van der Waals surface area contributed by atoms with E-state index < -0.39 is 6.10 Å². The molecule has 0 heterocycles. The maximum Gasteiger partial charge on any atom is 0.220 e. The largest absolute Gasteiger partial charge is 0.391 e. The Bertz CT molecular complexity index is 243. The first-order valence-corrected chi connectivity index (χ1v) is 5.65. The maximum absolute atomic E-state index is 11.2. The van der Waals surface area contributed by atoms with Gasteiger partial charge in [-0.2, -0.15) is 0 Å². The Hall–Kier alpha value is -0.900. The van der Waals surface area contributed by atoms with Crippen LogP contribution in [0.1, 0.15) is 47.0 Å². The number of amides is 1. The number of aliphatic hydroxyl groups excluding tert-OH is 1. The fourth-order valence-corrected chi connectivity index (χ4v) is 1.39. The van der Waals surface area contributed by atoms with E-state index in [2.05, 4.69) is 5.32 Å². The summed E-state index contributed by atoms with van der Waals surface area (Å²) in [6.07, 6.45) is 0.583. The van der Waals surface area contributed by atoms with Crippen molar-refractivity contribution in [1.29, 1.82) is 0 Å². The molecule has 16 heavy (non-hydrogen) atoms. The third-order valence-electron chi connectivity index (χ3n) is 2.09. The molecule has 0 saturated heterocycles. The van der Waals surface area contributed by atoms with Crippen molar-refractivity contribution in [1.82, 2.24) is 5.32 Å². The minimum atomic E-state index is -0.527. The molecule has 4 heteroatoms. The summed E-state index contributed by atoms with van der Waals surface area (Å²) in [4.78, 5) is 21.9. The molecular weight excluding hydrogens is 206 g/mol. The normalized spacial score (nSPS) is 13.3. The Morgan fingerprint density at radius 2 is 1.81 bits per heavy atom. The Balaban J connectivity index is 3.71. The molecule has 1 atom stereocenters. The van der Waals surface area contributed by atoms with Gasteiger partial charge in [0.15, 0.2) is 0 Å². The van der Waals surface area contributed by atoms with Crippen LogP contribution in [0.5, 0.6) is 0 Å². The van der Waals surface area contributed by atoms with Gasteiger partial charge in [0.2, 0.25) is 5.91 Å². The van der Waals surface area contributed by atoms with Crippen molar-refractivity contribution in [2.45, 2.75) is 53.1 Å². The molecule has 0 aliphatic rings. The highest BCUT2D eigenvalue weighted by Gasteiger charge is 2.17. The first kappa shape index (κ1) is 15.1. The smallest absolute Gasteiger partial charge is 0.220 e. The summed E-state index contributed by atoms with van der Waals surface area (Å²) in [6, 6.07) is 0. The van der Waals surface area contributed by atoms with Crippen LogP contribution < -0.4 is 5.32 Å². The Kier molecular flexibility index (Phi) is 6.26. The summed E-state index contributed by atoms with van der Waals surface area (Å²) in [5, 5.41) is 12.2. The lowest BCUT2D eigenvalue weighted by Gasteiger charge is -2.22. The molecule has 4 nitrogen and oxygen atoms in total. The Morgan fingerprint density at radius 3 is 2.25 bits per heavy atom. The number of ketones is 1. The summed E-state index contributed by atoms with van der Waals surface area (Å²) < 4.78 is 0. The fourth-order valence-electron chi connectivity index (χ4n) is 1.39. The molecule has 1 unspecified atom stereocenters. The standard InChI is InChI=1S/C12H23NO3/c1-9(14)5-6-11(16)13-8-10(15)7-12(2,3)4/h10,15H,5-8H2,1-4H3,(H,13,16). The molecule has 0 aliphatic carbocycles. The molecule has 1 amide bonds. The summed E-state index contributed by atoms with van der Waals surface area (Å²) in [5.74, 6) is -0.173. The van der Waals surface area contributed by atoms with E-state index in [0.29, 0.717) is 6.42 Å². The second-order valence-electron chi connectivity index (χ2n) is 5.42. The first-order chi connectivity index (χ1) is 7.20. The minimum absolute atomic E-state index is 0.00499. The highest BCUT2D eigenvalue weighted by Crippen LogP contribution is 2.20. The summed E-state index contributed by atoms with van der Waals surface area (Å²) >= 11 is 0. The SMILES string of the molecule is CC(=O)CCC(=O)NCC(O)CC(C)(C)C. The van der Waals surface area contributed by atoms with Gasteiger partial charge < -0.3 is 15.2 Å². The second kappa shape index (κ2) is 6.63. The van der Waals surface area contributed by atoms with Gasteiger partial charge in [-0.1, -0.05) is 20.8 Å². The highest BCUT2D eigenvalue weighted by atomic mass is 16.3. The highest BCUT2D eigenvalue weighted by molar-refractivity contribution is 5.83. The van der Waals surface area contributed by atoms with Crippen LogP contribution in [0.2, 0.25) is 0 Å². The van der Waals surface area contributed by atoms with E-state index in [1.165, 1.54) is 6.92 Å². The number of hydrogen-bond acceptors (Lipinski definition) is 3. The predicted molar refractivity (Wildman–Crippen MR) is 63.0 cm³/mol. The number of nitrogens with one attached hydrogen (secondary N) is 1. The van der Waals surface area contributed by atoms with Crippen molar-refractivity contribution in [2.24, 2.45) is 5.41 Å². The number of carbonyl (C=O) groups is 2. The molecule has 0 spiro atoms. The summed E-state index contributed by atoms with van der Waals surface area (Å²) in [6.45, 7) is 7.82. The van der Waals surface area contributed by atoms with Crippen LogP contribution >= 0.6 is 0 Å². The fraction of sp³-hybridized carbons (Fsp3) is 0.833. The van der Waals surface area contributed by atoms with E-state index in [-0.39, 0.29) is 36.5 Å². The zero-order valence-corrected chi connectivity index (χ0v) is 10.7. The van der Waals surface area contributed by atoms with Crippen LogP contribution in [0.15, 0.2) is 0 Å². The average molecular weight is 229 g/mol. The van der Waals surface area contributed by atoms with Gasteiger partial charge in [-0.3, -0.25) is 4.79 Å². The van der Waals surface area contributed by atoms with Gasteiger partial charge in [0.05, 0.1) is 6.10 Å². The van der Waals surface area contributed by atoms with Crippen molar-refractivity contribution in [3.8, 4) is 0 Å². The second-order valence-corrected chi connectivity index (χ2v) is 5.42. The van der Waals surface area contributed by atoms with Crippen molar-refractivity contribution < 1.29 is 14.7 Å². The van der Waals surface area contributed by atoms with Crippen molar-refractivity contribution >= 4 is 11.7 Å². The third kappa shape index (κ3) is 9.65. The molecular formula is C12H23NO3. The maximum atomic E-state index is 11.2. The van der Waals surface area contributed by atoms with Crippen LogP contribution in [0.3, 0.4) is 0 Å². The van der Waals surface area contributed by atoms with Crippen LogP contribution in [0.25, 0.3) is 0 Å². The number of hydrogen-bond donors (Lipinski definition) is 2. The lowest BCUT2D eigenvalue weighted by molar-refractivity contribution is -0.125. The molecule has 0 rings (SSSR count). The molecule has 2 N–H and O–H groups in total. The number of carbonyl (C=O) groups excluding carboxylic acids is 2. The van der Waals surface area contributed by atoms with Crippen molar-refractivity contribution in [2.75, 3.05) is 6.54 Å². The molecule has 0 aromatic carbocycles. The number of Topliss-reactive ketones (excluding diaryl/α,β-unsaturated/α-hetero) is 1. The van der Waals surface area contributed by atoms with Gasteiger partial charge in [-0.25, -0.2) is 0 Å². The molecule has 0 radical (unpaired) electrons. The monoisotopic (exact) mass is 229 g/mol.